The fraction of sp³-hybridized carbons (Fsp3) is 0.387. The topological polar surface area (TPSA) is 29.1 Å². The molecule has 0 aromatic heterocycles. The number of amides is 1. The number of hydrogen-bond donors (Lipinski definition) is 1. The van der Waals surface area contributed by atoms with Crippen molar-refractivity contribution in [3.63, 3.8) is 0 Å². The second kappa shape index (κ2) is 10.6. The van der Waals surface area contributed by atoms with Crippen LogP contribution in [0.15, 0.2) is 72.8 Å². The fourth-order valence-electron chi connectivity index (χ4n) is 6.12. The highest BCUT2D eigenvalue weighted by molar-refractivity contribution is 5.95. The van der Waals surface area contributed by atoms with Crippen molar-refractivity contribution >= 4 is 11.6 Å². The van der Waals surface area contributed by atoms with Crippen LogP contribution in [0.2, 0.25) is 0 Å². The Balaban J connectivity index is 1.79. The van der Waals surface area contributed by atoms with Gasteiger partial charge in [0.2, 0.25) is 0 Å². The molecule has 3 unspecified atom stereocenters. The van der Waals surface area contributed by atoms with Crippen LogP contribution < -0.4 is 5.32 Å². The summed E-state index contributed by atoms with van der Waals surface area (Å²) in [5.74, 6) is 0.149. The van der Waals surface area contributed by atoms with Gasteiger partial charge < -0.3 is 9.80 Å². The molecule has 4 rings (SSSR count). The van der Waals surface area contributed by atoms with Crippen LogP contribution in [0.3, 0.4) is 0 Å². The van der Waals surface area contributed by atoms with Gasteiger partial charge in [-0.15, -0.1) is 0 Å². The largest absolute Gasteiger partial charge is 0.320 e. The maximum Gasteiger partial charge on any atom is 0.282 e. The maximum absolute atomic E-state index is 14.1. The van der Waals surface area contributed by atoms with E-state index in [0.717, 1.165) is 53.6 Å². The molecule has 0 aliphatic carbocycles. The number of aryl methyl sites for hydroxylation is 3. The van der Waals surface area contributed by atoms with Gasteiger partial charge in [-0.25, -0.2) is 0 Å². The third kappa shape index (κ3) is 4.95. The molecule has 1 N–H and O–H groups in total. The van der Waals surface area contributed by atoms with Crippen molar-refractivity contribution in [1.82, 2.24) is 0 Å². The summed E-state index contributed by atoms with van der Waals surface area (Å²) in [4.78, 5) is 14.1. The van der Waals surface area contributed by atoms with Crippen molar-refractivity contribution in [2.45, 2.75) is 72.0 Å². The zero-order valence-corrected chi connectivity index (χ0v) is 21.2. The number of piperidine rings is 1. The Hall–Kier alpha value is -2.91. The SMILES string of the molecule is CCC(C(=O)Nc1c(C)cccc1C)[N+]1(Cc2cccc(C)c2)CCCCC1c1ccccc1. The van der Waals surface area contributed by atoms with Gasteiger partial charge in [-0.05, 0) is 44.7 Å². The Kier molecular flexibility index (Phi) is 7.53. The van der Waals surface area contributed by atoms with Crippen LogP contribution in [0, 0.1) is 20.8 Å². The smallest absolute Gasteiger partial charge is 0.282 e. The molecule has 0 saturated carbocycles. The lowest BCUT2D eigenvalue weighted by Crippen LogP contribution is -2.62. The zero-order chi connectivity index (χ0) is 24.1. The summed E-state index contributed by atoms with van der Waals surface area (Å²) in [6.45, 7) is 10.4. The molecule has 0 radical (unpaired) electrons. The van der Waals surface area contributed by atoms with Gasteiger partial charge in [0.15, 0.2) is 6.04 Å². The maximum atomic E-state index is 14.1. The first-order valence-electron chi connectivity index (χ1n) is 12.8. The van der Waals surface area contributed by atoms with Crippen molar-refractivity contribution in [1.29, 1.82) is 0 Å². The number of likely N-dealkylation sites (tertiary alicyclic amines) is 1. The van der Waals surface area contributed by atoms with Gasteiger partial charge in [0.25, 0.3) is 5.91 Å². The number of nitrogens with one attached hydrogen (secondary N) is 1. The molecule has 34 heavy (non-hydrogen) atoms. The van der Waals surface area contributed by atoms with E-state index in [1.165, 1.54) is 23.1 Å². The minimum Gasteiger partial charge on any atom is -0.320 e. The summed E-state index contributed by atoms with van der Waals surface area (Å²) in [7, 11) is 0. The van der Waals surface area contributed by atoms with Crippen molar-refractivity contribution < 1.29 is 9.28 Å². The van der Waals surface area contributed by atoms with Crippen LogP contribution in [0.5, 0.6) is 0 Å². The normalized spacial score (nSPS) is 21.1. The minimum atomic E-state index is -0.120. The Labute approximate surface area is 205 Å². The lowest BCUT2D eigenvalue weighted by molar-refractivity contribution is -0.987. The molecule has 3 nitrogen and oxygen atoms in total. The van der Waals surface area contributed by atoms with Gasteiger partial charge in [-0.2, -0.15) is 0 Å². The van der Waals surface area contributed by atoms with E-state index in [0.29, 0.717) is 6.04 Å². The van der Waals surface area contributed by atoms with E-state index >= 15 is 0 Å². The van der Waals surface area contributed by atoms with Gasteiger partial charge in [0.05, 0.1) is 6.54 Å². The van der Waals surface area contributed by atoms with Crippen LogP contribution in [-0.2, 0) is 11.3 Å². The third-order valence-corrected chi connectivity index (χ3v) is 7.71. The predicted molar refractivity (Wildman–Crippen MR) is 142 cm³/mol. The monoisotopic (exact) mass is 455 g/mol. The zero-order valence-electron chi connectivity index (χ0n) is 21.2. The van der Waals surface area contributed by atoms with E-state index in [9.17, 15) is 4.79 Å². The summed E-state index contributed by atoms with van der Waals surface area (Å²) in [5.41, 5.74) is 7.15. The Morgan fingerprint density at radius 1 is 0.941 bits per heavy atom. The van der Waals surface area contributed by atoms with E-state index in [2.05, 4.69) is 106 Å². The fourth-order valence-corrected chi connectivity index (χ4v) is 6.12. The molecule has 1 fully saturated rings. The van der Waals surface area contributed by atoms with Crippen LogP contribution >= 0.6 is 0 Å². The standard InChI is InChI=1S/C31H38N2O/c1-5-28(31(34)32-30-24(3)14-12-15-25(30)4)33(22-26-16-11-13-23(2)21-26)20-10-9-19-29(33)27-17-7-6-8-18-27/h6-8,11-18,21,28-29H,5,9-10,19-20,22H2,1-4H3/p+1. The van der Waals surface area contributed by atoms with Crippen molar-refractivity contribution in [2.24, 2.45) is 0 Å². The van der Waals surface area contributed by atoms with Gasteiger partial charge in [0, 0.05) is 29.7 Å². The number of anilines is 1. The number of nitrogens with zero attached hydrogens (tertiary/aromatic N) is 1. The van der Waals surface area contributed by atoms with Crippen LogP contribution in [-0.4, -0.2) is 23.0 Å². The average Bonchev–Trinajstić information content (AvgIpc) is 2.83. The van der Waals surface area contributed by atoms with Gasteiger partial charge in [-0.1, -0.05) is 85.3 Å². The average molecular weight is 456 g/mol. The van der Waals surface area contributed by atoms with E-state index < -0.39 is 0 Å². The number of para-hydroxylation sites is 1. The molecule has 1 aliphatic heterocycles. The quantitative estimate of drug-likeness (QED) is 0.373. The van der Waals surface area contributed by atoms with Gasteiger partial charge in [-0.3, -0.25) is 4.79 Å². The second-order valence-corrected chi connectivity index (χ2v) is 10.1. The molecule has 3 atom stereocenters. The molecule has 0 bridgehead atoms. The Morgan fingerprint density at radius 3 is 2.32 bits per heavy atom. The summed E-state index contributed by atoms with van der Waals surface area (Å²) in [5, 5.41) is 3.37. The molecule has 0 spiro atoms. The lowest BCUT2D eigenvalue weighted by atomic mass is 9.87. The summed E-state index contributed by atoms with van der Waals surface area (Å²) in [6, 6.07) is 26.1. The van der Waals surface area contributed by atoms with Gasteiger partial charge >= 0.3 is 0 Å². The third-order valence-electron chi connectivity index (χ3n) is 7.71. The molecule has 178 valence electrons. The van der Waals surface area contributed by atoms with Crippen LogP contribution in [0.25, 0.3) is 0 Å². The Bertz CT molecular complexity index is 1100. The van der Waals surface area contributed by atoms with Crippen molar-refractivity contribution in [3.8, 4) is 0 Å². The minimum absolute atomic E-state index is 0.120. The van der Waals surface area contributed by atoms with Gasteiger partial charge in [0.1, 0.15) is 12.6 Å². The molecule has 3 heteroatoms. The van der Waals surface area contributed by atoms with Crippen molar-refractivity contribution in [2.75, 3.05) is 11.9 Å². The lowest BCUT2D eigenvalue weighted by Gasteiger charge is -2.52. The first kappa shape index (κ1) is 24.2. The molecule has 1 aliphatic rings. The number of carbonyl (C=O) groups excluding carboxylic acids is 1. The highest BCUT2D eigenvalue weighted by Crippen LogP contribution is 2.43. The number of rotatable bonds is 7. The molecule has 1 saturated heterocycles. The summed E-state index contributed by atoms with van der Waals surface area (Å²) in [6.07, 6.45) is 4.29. The summed E-state index contributed by atoms with van der Waals surface area (Å²) >= 11 is 0. The Morgan fingerprint density at radius 2 is 1.65 bits per heavy atom. The van der Waals surface area contributed by atoms with E-state index in [4.69, 9.17) is 0 Å². The number of hydrogen-bond acceptors (Lipinski definition) is 1. The number of benzene rings is 3. The highest BCUT2D eigenvalue weighted by Gasteiger charge is 2.48. The molecular weight excluding hydrogens is 416 g/mol. The molecule has 1 amide bonds. The molecule has 1 heterocycles. The second-order valence-electron chi connectivity index (χ2n) is 10.1. The molecule has 3 aromatic carbocycles. The first-order chi connectivity index (χ1) is 16.4. The summed E-state index contributed by atoms with van der Waals surface area (Å²) < 4.78 is 0.792. The number of quaternary nitrogens is 1. The van der Waals surface area contributed by atoms with E-state index in [-0.39, 0.29) is 11.9 Å². The first-order valence-corrected chi connectivity index (χ1v) is 12.8. The van der Waals surface area contributed by atoms with E-state index in [1.807, 2.05) is 0 Å². The van der Waals surface area contributed by atoms with Crippen LogP contribution in [0.1, 0.15) is 66.5 Å². The highest BCUT2D eigenvalue weighted by atomic mass is 16.2. The molecule has 3 aromatic rings. The van der Waals surface area contributed by atoms with E-state index in [1.54, 1.807) is 0 Å². The predicted octanol–water partition coefficient (Wildman–Crippen LogP) is 7.27. The molecular formula is C31H39N2O+. The number of carbonyl (C=O) groups is 1. The van der Waals surface area contributed by atoms with Crippen LogP contribution in [0.4, 0.5) is 5.69 Å². The van der Waals surface area contributed by atoms with Crippen molar-refractivity contribution in [3.05, 3.63) is 101 Å².